The van der Waals surface area contributed by atoms with E-state index in [0.29, 0.717) is 5.03 Å². The van der Waals surface area contributed by atoms with Crippen LogP contribution in [0.4, 0.5) is 0 Å². The summed E-state index contributed by atoms with van der Waals surface area (Å²) < 4.78 is 0. The molecule has 66 valence electrons. The maximum atomic E-state index is 10.5. The molecule has 7 heteroatoms. The molecule has 12 heavy (non-hydrogen) atoms. The normalized spacial score (nSPS) is 22.3. The molecule has 1 rings (SSSR count). The number of aliphatic imine (C=N–C) groups is 1. The molecular weight excluding hydrogens is 180 g/mol. The fraction of sp³-hybridized carbons (Fsp3) is 0.400. The van der Waals surface area contributed by atoms with E-state index >= 15 is 0 Å². The molecule has 0 aromatic heterocycles. The molecule has 0 aliphatic carbocycles. The molecule has 0 radical (unpaired) electrons. The summed E-state index contributed by atoms with van der Waals surface area (Å²) in [5.41, 5.74) is 5.32. The van der Waals surface area contributed by atoms with Crippen LogP contribution in [-0.4, -0.2) is 23.7 Å². The molecule has 1 unspecified atom stereocenters. The quantitative estimate of drug-likeness (QED) is 0.459. The summed E-state index contributed by atoms with van der Waals surface area (Å²) in [4.78, 5) is 13.6. The van der Waals surface area contributed by atoms with Gasteiger partial charge in [0, 0.05) is 0 Å². The molecule has 6 nitrogen and oxygen atoms in total. The minimum Gasteiger partial charge on any atom is -0.336 e. The number of thioether (sulfide) groups is 1. The second-order valence-electron chi connectivity index (χ2n) is 2.04. The van der Waals surface area contributed by atoms with Gasteiger partial charge in [-0.1, -0.05) is 0 Å². The van der Waals surface area contributed by atoms with Crippen LogP contribution in [0.3, 0.4) is 0 Å². The molecule has 0 aromatic rings. The van der Waals surface area contributed by atoms with Crippen molar-refractivity contribution in [3.8, 4) is 0 Å². The van der Waals surface area contributed by atoms with E-state index in [1.165, 1.54) is 18.1 Å². The number of nitrogens with two attached hydrogens (primary N) is 1. The molecule has 3 N–H and O–H groups in total. The minimum atomic E-state index is -0.858. The molecule has 1 heterocycles. The van der Waals surface area contributed by atoms with Crippen LogP contribution >= 0.6 is 11.8 Å². The van der Waals surface area contributed by atoms with Crippen molar-refractivity contribution in [3.63, 3.8) is 0 Å². The first-order valence-corrected chi connectivity index (χ1v) is 4.35. The van der Waals surface area contributed by atoms with Gasteiger partial charge in [-0.05, 0) is 6.26 Å². The molecule has 0 aromatic carbocycles. The average Bonchev–Trinajstić information content (AvgIpc) is 2.03. The van der Waals surface area contributed by atoms with E-state index in [4.69, 9.17) is 5.73 Å². The second-order valence-corrected chi connectivity index (χ2v) is 2.86. The van der Waals surface area contributed by atoms with Gasteiger partial charge >= 0.3 is 5.70 Å². The Morgan fingerprint density at radius 2 is 2.58 bits per heavy atom. The van der Waals surface area contributed by atoms with Crippen LogP contribution in [0, 0.1) is 10.1 Å². The van der Waals surface area contributed by atoms with Crippen molar-refractivity contribution < 1.29 is 4.92 Å². The van der Waals surface area contributed by atoms with Crippen molar-refractivity contribution in [2.24, 2.45) is 10.7 Å². The average molecular weight is 188 g/mol. The van der Waals surface area contributed by atoms with Gasteiger partial charge in [-0.2, -0.15) is 0 Å². The van der Waals surface area contributed by atoms with E-state index in [-0.39, 0.29) is 5.70 Å². The van der Waals surface area contributed by atoms with E-state index in [9.17, 15) is 10.1 Å². The fourth-order valence-electron chi connectivity index (χ4n) is 0.809. The van der Waals surface area contributed by atoms with E-state index in [2.05, 4.69) is 10.3 Å². The molecule has 0 spiro atoms. The first-order valence-electron chi connectivity index (χ1n) is 3.13. The summed E-state index contributed by atoms with van der Waals surface area (Å²) in [5, 5.41) is 13.6. The van der Waals surface area contributed by atoms with Crippen molar-refractivity contribution in [3.05, 3.63) is 20.8 Å². The third-order valence-electron chi connectivity index (χ3n) is 1.34. The number of nitrogens with one attached hydrogen (secondary N) is 1. The van der Waals surface area contributed by atoms with Crippen LogP contribution in [0.15, 0.2) is 15.7 Å². The topological polar surface area (TPSA) is 93.5 Å². The van der Waals surface area contributed by atoms with Gasteiger partial charge in [-0.15, -0.1) is 11.8 Å². The highest BCUT2D eigenvalue weighted by atomic mass is 32.2. The van der Waals surface area contributed by atoms with E-state index in [1.807, 2.05) is 0 Å². The largest absolute Gasteiger partial charge is 0.336 e. The summed E-state index contributed by atoms with van der Waals surface area (Å²) >= 11 is 1.24. The van der Waals surface area contributed by atoms with Gasteiger partial charge < -0.3 is 11.1 Å². The summed E-state index contributed by atoms with van der Waals surface area (Å²) in [5.74, 6) is 0. The van der Waals surface area contributed by atoms with Crippen molar-refractivity contribution in [2.75, 3.05) is 6.26 Å². The summed E-state index contributed by atoms with van der Waals surface area (Å²) in [6, 6.07) is 0. The van der Waals surface area contributed by atoms with Crippen LogP contribution in [-0.2, 0) is 0 Å². The van der Waals surface area contributed by atoms with Gasteiger partial charge in [-0.25, -0.2) is 4.99 Å². The van der Waals surface area contributed by atoms with Gasteiger partial charge in [0.05, 0.1) is 11.3 Å². The Balaban J connectivity index is 2.98. The molecular formula is C5H8N4O2S. The third kappa shape index (κ3) is 1.56. The molecule has 0 amide bonds. The Morgan fingerprint density at radius 3 is 3.00 bits per heavy atom. The monoisotopic (exact) mass is 188 g/mol. The van der Waals surface area contributed by atoms with Crippen LogP contribution in [0.1, 0.15) is 0 Å². The molecule has 1 aliphatic heterocycles. The first kappa shape index (κ1) is 9.01. The van der Waals surface area contributed by atoms with Crippen molar-refractivity contribution in [1.29, 1.82) is 0 Å². The predicted molar refractivity (Wildman–Crippen MR) is 47.1 cm³/mol. The highest BCUT2D eigenvalue weighted by Crippen LogP contribution is 2.18. The van der Waals surface area contributed by atoms with Crippen molar-refractivity contribution in [1.82, 2.24) is 5.32 Å². The van der Waals surface area contributed by atoms with Gasteiger partial charge in [0.1, 0.15) is 0 Å². The Hall–Kier alpha value is -1.08. The maximum absolute atomic E-state index is 10.5. The number of hydrogen-bond donors (Lipinski definition) is 2. The van der Waals surface area contributed by atoms with Gasteiger partial charge in [0.25, 0.3) is 0 Å². The van der Waals surface area contributed by atoms with Crippen molar-refractivity contribution >= 4 is 18.1 Å². The van der Waals surface area contributed by atoms with Crippen LogP contribution in [0.5, 0.6) is 0 Å². The predicted octanol–water partition coefficient (Wildman–Crippen LogP) is -0.289. The zero-order chi connectivity index (χ0) is 9.14. The second kappa shape index (κ2) is 3.55. The first-order chi connectivity index (χ1) is 5.66. The SMILES string of the molecule is CSC1=C([N+](=O)[O-])C(N)N=CN1. The fourth-order valence-corrected chi connectivity index (χ4v) is 1.38. The number of nitrogens with zero attached hydrogens (tertiary/aromatic N) is 2. The highest BCUT2D eigenvalue weighted by molar-refractivity contribution is 8.02. The lowest BCUT2D eigenvalue weighted by atomic mass is 10.4. The summed E-state index contributed by atoms with van der Waals surface area (Å²) in [6.45, 7) is 0. The molecule has 0 saturated heterocycles. The standard InChI is InChI=1S/C5H8N4O2S/c1-12-5-3(9(10)11)4(6)7-2-8-5/h2,4H,6H2,1H3,(H,7,8). The minimum absolute atomic E-state index is 0.0787. The smallest absolute Gasteiger partial charge is 0.314 e. The third-order valence-corrected chi connectivity index (χ3v) is 2.08. The summed E-state index contributed by atoms with van der Waals surface area (Å²) in [7, 11) is 0. The lowest BCUT2D eigenvalue weighted by Crippen LogP contribution is -2.33. The Morgan fingerprint density at radius 1 is 1.92 bits per heavy atom. The Kier molecular flexibility index (Phi) is 2.66. The van der Waals surface area contributed by atoms with E-state index < -0.39 is 11.1 Å². The molecule has 0 fully saturated rings. The van der Waals surface area contributed by atoms with Crippen LogP contribution in [0.25, 0.3) is 0 Å². The zero-order valence-corrected chi connectivity index (χ0v) is 7.17. The molecule has 1 aliphatic rings. The van der Waals surface area contributed by atoms with Gasteiger partial charge in [0.2, 0.25) is 0 Å². The molecule has 0 saturated carbocycles. The number of nitro groups is 1. The lowest BCUT2D eigenvalue weighted by Gasteiger charge is -2.13. The Labute approximate surface area is 73.1 Å². The van der Waals surface area contributed by atoms with E-state index in [0.717, 1.165) is 0 Å². The zero-order valence-electron chi connectivity index (χ0n) is 6.35. The number of hydrogen-bond acceptors (Lipinski definition) is 6. The Bertz CT molecular complexity index is 262. The van der Waals surface area contributed by atoms with Crippen LogP contribution in [0.2, 0.25) is 0 Å². The maximum Gasteiger partial charge on any atom is 0.314 e. The molecule has 0 bridgehead atoms. The summed E-state index contributed by atoms with van der Waals surface area (Å²) in [6.07, 6.45) is 2.24. The van der Waals surface area contributed by atoms with Gasteiger partial charge in [0.15, 0.2) is 11.2 Å². The molecule has 1 atom stereocenters. The van der Waals surface area contributed by atoms with E-state index in [1.54, 1.807) is 6.26 Å². The van der Waals surface area contributed by atoms with Gasteiger partial charge in [-0.3, -0.25) is 10.1 Å². The van der Waals surface area contributed by atoms with Crippen LogP contribution < -0.4 is 11.1 Å². The number of rotatable bonds is 2. The van der Waals surface area contributed by atoms with Crippen molar-refractivity contribution in [2.45, 2.75) is 6.17 Å². The lowest BCUT2D eigenvalue weighted by molar-refractivity contribution is -0.430. The highest BCUT2D eigenvalue weighted by Gasteiger charge is 2.27.